The van der Waals surface area contributed by atoms with Gasteiger partial charge in [-0.3, -0.25) is 4.79 Å². The molecule has 0 spiro atoms. The fourth-order valence-corrected chi connectivity index (χ4v) is 2.20. The second-order valence-electron chi connectivity index (χ2n) is 5.25. The second-order valence-corrected chi connectivity index (χ2v) is 5.25. The molecular weight excluding hydrogens is 309 g/mol. The van der Waals surface area contributed by atoms with Gasteiger partial charge in [0.15, 0.2) is 6.61 Å². The first kappa shape index (κ1) is 15.7. The highest BCUT2D eigenvalue weighted by atomic mass is 19.1. The van der Waals surface area contributed by atoms with E-state index in [0.717, 1.165) is 17.1 Å². The van der Waals surface area contributed by atoms with Crippen LogP contribution >= 0.6 is 0 Å². The molecule has 122 valence electrons. The molecule has 5 nitrogen and oxygen atoms in total. The number of aryl methyl sites for hydroxylation is 1. The molecule has 0 unspecified atom stereocenters. The maximum absolute atomic E-state index is 13.0. The van der Waals surface area contributed by atoms with Crippen molar-refractivity contribution in [3.63, 3.8) is 0 Å². The summed E-state index contributed by atoms with van der Waals surface area (Å²) in [5.74, 6) is 0.439. The van der Waals surface area contributed by atoms with Gasteiger partial charge in [0.1, 0.15) is 17.4 Å². The van der Waals surface area contributed by atoms with Crippen LogP contribution in [0.3, 0.4) is 0 Å². The third kappa shape index (κ3) is 3.98. The number of carbonyl (C=O) groups is 1. The number of anilines is 1. The summed E-state index contributed by atoms with van der Waals surface area (Å²) in [6.07, 6.45) is 1.76. The van der Waals surface area contributed by atoms with E-state index in [9.17, 15) is 9.18 Å². The maximum atomic E-state index is 13.0. The lowest BCUT2D eigenvalue weighted by atomic mass is 10.1. The van der Waals surface area contributed by atoms with Crippen molar-refractivity contribution in [3.8, 4) is 17.0 Å². The molecule has 1 heterocycles. The Labute approximate surface area is 138 Å². The van der Waals surface area contributed by atoms with Crippen LogP contribution < -0.4 is 10.1 Å². The molecule has 3 rings (SSSR count). The van der Waals surface area contributed by atoms with Gasteiger partial charge in [-0.1, -0.05) is 18.2 Å². The zero-order valence-corrected chi connectivity index (χ0v) is 13.0. The van der Waals surface area contributed by atoms with Crippen molar-refractivity contribution in [2.45, 2.75) is 6.92 Å². The highest BCUT2D eigenvalue weighted by Gasteiger charge is 2.06. The van der Waals surface area contributed by atoms with Crippen LogP contribution in [-0.2, 0) is 4.79 Å². The van der Waals surface area contributed by atoms with Crippen molar-refractivity contribution in [3.05, 3.63) is 66.4 Å². The number of ether oxygens (including phenoxy) is 1. The average Bonchev–Trinajstić information content (AvgIpc) is 3.00. The summed E-state index contributed by atoms with van der Waals surface area (Å²) in [4.78, 5) is 19.2. The van der Waals surface area contributed by atoms with Crippen LogP contribution in [0.25, 0.3) is 11.3 Å². The minimum absolute atomic E-state index is 0.190. The standard InChI is InChI=1S/C18H16FN3O2/c1-12-20-10-17(21-12)13-5-7-15(8-6-13)22-18(23)11-24-16-4-2-3-14(19)9-16/h2-10H,11H2,1H3,(H,20,21)(H,22,23). The molecule has 0 atom stereocenters. The van der Waals surface area contributed by atoms with E-state index in [4.69, 9.17) is 4.74 Å². The smallest absolute Gasteiger partial charge is 0.262 e. The Morgan fingerprint density at radius 1 is 1.25 bits per heavy atom. The van der Waals surface area contributed by atoms with Crippen molar-refractivity contribution < 1.29 is 13.9 Å². The number of aromatic amines is 1. The van der Waals surface area contributed by atoms with E-state index in [2.05, 4.69) is 15.3 Å². The molecule has 0 radical (unpaired) electrons. The van der Waals surface area contributed by atoms with Crippen molar-refractivity contribution in [2.75, 3.05) is 11.9 Å². The Morgan fingerprint density at radius 2 is 2.04 bits per heavy atom. The average molecular weight is 325 g/mol. The van der Waals surface area contributed by atoms with Crippen LogP contribution in [0.2, 0.25) is 0 Å². The number of hydrogen-bond acceptors (Lipinski definition) is 3. The molecule has 2 aromatic carbocycles. The van der Waals surface area contributed by atoms with Crippen LogP contribution in [0.15, 0.2) is 54.7 Å². The van der Waals surface area contributed by atoms with Gasteiger partial charge in [-0.15, -0.1) is 0 Å². The summed E-state index contributed by atoms with van der Waals surface area (Å²) in [6.45, 7) is 1.70. The maximum Gasteiger partial charge on any atom is 0.262 e. The van der Waals surface area contributed by atoms with Gasteiger partial charge in [0.05, 0.1) is 11.9 Å². The first-order valence-electron chi connectivity index (χ1n) is 7.40. The number of imidazole rings is 1. The van der Waals surface area contributed by atoms with Gasteiger partial charge in [0.2, 0.25) is 0 Å². The Morgan fingerprint density at radius 3 is 2.71 bits per heavy atom. The molecule has 1 amide bonds. The quantitative estimate of drug-likeness (QED) is 0.754. The van der Waals surface area contributed by atoms with E-state index in [1.165, 1.54) is 18.2 Å². The second kappa shape index (κ2) is 6.95. The first-order chi connectivity index (χ1) is 11.6. The molecule has 1 aromatic heterocycles. The zero-order chi connectivity index (χ0) is 16.9. The minimum Gasteiger partial charge on any atom is -0.484 e. The van der Waals surface area contributed by atoms with Gasteiger partial charge in [0.25, 0.3) is 5.91 Å². The number of rotatable bonds is 5. The predicted molar refractivity (Wildman–Crippen MR) is 89.3 cm³/mol. The van der Waals surface area contributed by atoms with E-state index in [1.807, 2.05) is 19.1 Å². The molecule has 3 aromatic rings. The zero-order valence-electron chi connectivity index (χ0n) is 13.0. The number of carbonyl (C=O) groups excluding carboxylic acids is 1. The van der Waals surface area contributed by atoms with Crippen molar-refractivity contribution in [1.29, 1.82) is 0 Å². The van der Waals surface area contributed by atoms with Crippen LogP contribution in [0, 0.1) is 12.7 Å². The summed E-state index contributed by atoms with van der Waals surface area (Å²) >= 11 is 0. The third-order valence-electron chi connectivity index (χ3n) is 3.35. The summed E-state index contributed by atoms with van der Waals surface area (Å²) < 4.78 is 18.3. The van der Waals surface area contributed by atoms with Crippen molar-refractivity contribution in [2.24, 2.45) is 0 Å². The number of halogens is 1. The Bertz CT molecular complexity index is 843. The number of aromatic nitrogens is 2. The molecule has 0 saturated heterocycles. The topological polar surface area (TPSA) is 67.0 Å². The largest absolute Gasteiger partial charge is 0.484 e. The molecule has 2 N–H and O–H groups in total. The van der Waals surface area contributed by atoms with E-state index >= 15 is 0 Å². The summed E-state index contributed by atoms with van der Waals surface area (Å²) in [5, 5.41) is 2.73. The van der Waals surface area contributed by atoms with E-state index in [1.54, 1.807) is 24.4 Å². The van der Waals surface area contributed by atoms with Gasteiger partial charge in [-0.2, -0.15) is 0 Å². The fourth-order valence-electron chi connectivity index (χ4n) is 2.20. The monoisotopic (exact) mass is 325 g/mol. The van der Waals surface area contributed by atoms with Gasteiger partial charge in [-0.05, 0) is 36.8 Å². The first-order valence-corrected chi connectivity index (χ1v) is 7.40. The number of amides is 1. The third-order valence-corrected chi connectivity index (χ3v) is 3.35. The molecule has 0 aliphatic carbocycles. The number of hydrogen-bond donors (Lipinski definition) is 2. The molecule has 0 bridgehead atoms. The highest BCUT2D eigenvalue weighted by molar-refractivity contribution is 5.92. The Hall–Kier alpha value is -3.15. The van der Waals surface area contributed by atoms with E-state index < -0.39 is 5.82 Å². The molecule has 0 saturated carbocycles. The van der Waals surface area contributed by atoms with Crippen LogP contribution in [0.1, 0.15) is 5.82 Å². The molecular formula is C18H16FN3O2. The highest BCUT2D eigenvalue weighted by Crippen LogP contribution is 2.19. The predicted octanol–water partition coefficient (Wildman–Crippen LogP) is 3.54. The van der Waals surface area contributed by atoms with Crippen LogP contribution in [0.5, 0.6) is 5.75 Å². The normalized spacial score (nSPS) is 10.4. The molecule has 24 heavy (non-hydrogen) atoms. The van der Waals surface area contributed by atoms with Crippen molar-refractivity contribution in [1.82, 2.24) is 9.97 Å². The number of nitrogens with zero attached hydrogens (tertiary/aromatic N) is 1. The molecule has 6 heteroatoms. The lowest BCUT2D eigenvalue weighted by Crippen LogP contribution is -2.20. The summed E-state index contributed by atoms with van der Waals surface area (Å²) in [6, 6.07) is 13.0. The molecule has 0 aliphatic heterocycles. The fraction of sp³-hybridized carbons (Fsp3) is 0.111. The summed E-state index contributed by atoms with van der Waals surface area (Å²) in [5.41, 5.74) is 2.55. The van der Waals surface area contributed by atoms with Gasteiger partial charge < -0.3 is 15.0 Å². The molecule has 0 fully saturated rings. The van der Waals surface area contributed by atoms with Gasteiger partial charge >= 0.3 is 0 Å². The van der Waals surface area contributed by atoms with E-state index in [-0.39, 0.29) is 12.5 Å². The SMILES string of the molecule is Cc1ncc(-c2ccc(NC(=O)COc3cccc(F)c3)cc2)[nH]1. The van der Waals surface area contributed by atoms with Crippen molar-refractivity contribution >= 4 is 11.6 Å². The summed E-state index contributed by atoms with van der Waals surface area (Å²) in [7, 11) is 0. The van der Waals surface area contributed by atoms with Crippen LogP contribution in [-0.4, -0.2) is 22.5 Å². The number of nitrogens with one attached hydrogen (secondary N) is 2. The Balaban J connectivity index is 1.56. The lowest BCUT2D eigenvalue weighted by molar-refractivity contribution is -0.118. The number of H-pyrrole nitrogens is 1. The van der Waals surface area contributed by atoms with Gasteiger partial charge in [0, 0.05) is 11.8 Å². The Kier molecular flexibility index (Phi) is 4.56. The van der Waals surface area contributed by atoms with Crippen LogP contribution in [0.4, 0.5) is 10.1 Å². The number of benzene rings is 2. The molecule has 0 aliphatic rings. The van der Waals surface area contributed by atoms with Gasteiger partial charge in [-0.25, -0.2) is 9.37 Å². The van der Waals surface area contributed by atoms with E-state index in [0.29, 0.717) is 11.4 Å². The lowest BCUT2D eigenvalue weighted by Gasteiger charge is -2.08. The minimum atomic E-state index is -0.405.